The second-order valence-electron chi connectivity index (χ2n) is 15.9. The van der Waals surface area contributed by atoms with Crippen LogP contribution in [-0.4, -0.2) is 62.3 Å². The van der Waals surface area contributed by atoms with E-state index < -0.39 is 40.8 Å². The predicted octanol–water partition coefficient (Wildman–Crippen LogP) is 8.21. The summed E-state index contributed by atoms with van der Waals surface area (Å²) in [6, 6.07) is 4.89. The summed E-state index contributed by atoms with van der Waals surface area (Å²) in [6.45, 7) is 0. The molecule has 0 atom stereocenters. The Bertz CT molecular complexity index is 1830. The van der Waals surface area contributed by atoms with E-state index in [9.17, 15) is 36.6 Å². The van der Waals surface area contributed by atoms with Gasteiger partial charge in [0.05, 0.1) is 23.3 Å². The third-order valence-corrected chi connectivity index (χ3v) is 12.8. The molecular weight excluding hydrogens is 687 g/mol. The Labute approximate surface area is 297 Å². The number of methoxy groups -OCH3 is 1. The Hall–Kier alpha value is -3.81. The lowest BCUT2D eigenvalue weighted by molar-refractivity contribution is -0.163. The number of hydrogen-bond donors (Lipinski definition) is 2. The van der Waals surface area contributed by atoms with Crippen LogP contribution in [0.4, 0.5) is 22.0 Å². The van der Waals surface area contributed by atoms with Crippen LogP contribution in [-0.2, 0) is 15.7 Å². The molecule has 6 fully saturated rings. The van der Waals surface area contributed by atoms with Gasteiger partial charge in [-0.25, -0.2) is 23.5 Å². The fourth-order valence-electron chi connectivity index (χ4n) is 10.3. The summed E-state index contributed by atoms with van der Waals surface area (Å²) >= 11 is 0. The molecule has 6 aliphatic carbocycles. The first-order valence-corrected chi connectivity index (χ1v) is 18.5. The second-order valence-corrected chi connectivity index (χ2v) is 15.9. The van der Waals surface area contributed by atoms with Crippen molar-refractivity contribution in [3.63, 3.8) is 0 Å². The summed E-state index contributed by atoms with van der Waals surface area (Å²) in [6.07, 6.45) is 4.00. The van der Waals surface area contributed by atoms with E-state index in [1.165, 1.54) is 0 Å². The van der Waals surface area contributed by atoms with Crippen molar-refractivity contribution >= 4 is 22.8 Å². The van der Waals surface area contributed by atoms with Gasteiger partial charge in [-0.15, -0.1) is 0 Å². The number of nitrogens with zero attached hydrogens (tertiary/aromatic N) is 3. The maximum absolute atomic E-state index is 14.7. The summed E-state index contributed by atoms with van der Waals surface area (Å²) in [5.41, 5.74) is -3.12. The van der Waals surface area contributed by atoms with Gasteiger partial charge in [-0.3, -0.25) is 4.79 Å². The van der Waals surface area contributed by atoms with E-state index >= 15 is 0 Å². The topological polar surface area (TPSA) is 116 Å². The number of carbonyl (C=O) groups is 2. The van der Waals surface area contributed by atoms with Crippen LogP contribution in [0, 0.1) is 23.7 Å². The molecule has 280 valence electrons. The Morgan fingerprint density at radius 1 is 0.942 bits per heavy atom. The maximum Gasteiger partial charge on any atom is 0.434 e. The van der Waals surface area contributed by atoms with Crippen LogP contribution in [0.25, 0.3) is 22.3 Å². The van der Waals surface area contributed by atoms with Crippen LogP contribution in [0.3, 0.4) is 0 Å². The number of rotatable bonds is 8. The summed E-state index contributed by atoms with van der Waals surface area (Å²) < 4.78 is 86.2. The molecule has 1 aromatic carbocycles. The Kier molecular flexibility index (Phi) is 8.77. The van der Waals surface area contributed by atoms with E-state index in [1.54, 1.807) is 31.5 Å². The highest BCUT2D eigenvalue weighted by Crippen LogP contribution is 2.58. The maximum atomic E-state index is 14.7. The molecule has 0 radical (unpaired) electrons. The molecule has 0 saturated heterocycles. The minimum absolute atomic E-state index is 0.0457. The van der Waals surface area contributed by atoms with Gasteiger partial charge in [0, 0.05) is 55.4 Å². The van der Waals surface area contributed by atoms with Crippen LogP contribution in [0.15, 0.2) is 30.6 Å². The number of ether oxygens (including phenoxy) is 2. The van der Waals surface area contributed by atoms with Crippen molar-refractivity contribution in [2.45, 2.75) is 119 Å². The molecule has 14 heteroatoms. The number of aliphatic carboxylic acids is 1. The van der Waals surface area contributed by atoms with Gasteiger partial charge in [0.15, 0.2) is 11.5 Å². The molecule has 2 heterocycles. The van der Waals surface area contributed by atoms with Crippen LogP contribution in [0.2, 0.25) is 0 Å². The van der Waals surface area contributed by atoms with E-state index in [0.29, 0.717) is 54.2 Å². The van der Waals surface area contributed by atoms with E-state index in [1.807, 2.05) is 4.57 Å². The van der Waals surface area contributed by atoms with Gasteiger partial charge in [0.1, 0.15) is 11.3 Å². The largest absolute Gasteiger partial charge is 0.490 e. The van der Waals surface area contributed by atoms with Gasteiger partial charge >= 0.3 is 12.1 Å². The summed E-state index contributed by atoms with van der Waals surface area (Å²) in [7, 11) is 1.69. The molecule has 3 aromatic rings. The van der Waals surface area contributed by atoms with Crippen LogP contribution in [0.1, 0.15) is 106 Å². The first-order chi connectivity index (χ1) is 24.7. The molecule has 6 saturated carbocycles. The average Bonchev–Trinajstić information content (AvgIpc) is 3.48. The van der Waals surface area contributed by atoms with Crippen molar-refractivity contribution in [1.29, 1.82) is 0 Å². The number of carboxylic acid groups (broad SMARTS) is 1. The molecule has 9 nitrogen and oxygen atoms in total. The number of aromatic nitrogens is 3. The highest BCUT2D eigenvalue weighted by molar-refractivity contribution is 6.00. The van der Waals surface area contributed by atoms with Gasteiger partial charge in [-0.1, -0.05) is 0 Å². The minimum atomic E-state index is -5.07. The molecule has 9 rings (SSSR count). The van der Waals surface area contributed by atoms with Gasteiger partial charge in [0.25, 0.3) is 5.91 Å². The number of carbonyl (C=O) groups excluding carboxylic acids is 1. The van der Waals surface area contributed by atoms with Crippen molar-refractivity contribution in [2.75, 3.05) is 7.11 Å². The normalized spacial score (nSPS) is 31.5. The Morgan fingerprint density at radius 2 is 1.58 bits per heavy atom. The van der Waals surface area contributed by atoms with Gasteiger partial charge in [-0.05, 0) is 106 Å². The molecule has 1 amide bonds. The zero-order chi connectivity index (χ0) is 36.6. The van der Waals surface area contributed by atoms with E-state index in [-0.39, 0.29) is 67.2 Å². The number of alkyl halides is 5. The fourth-order valence-corrected chi connectivity index (χ4v) is 10.3. The molecule has 2 N–H and O–H groups in total. The molecular formula is C38H43F5N4O5. The molecule has 2 aromatic heterocycles. The predicted molar refractivity (Wildman–Crippen MR) is 179 cm³/mol. The number of nitrogens with one attached hydrogen (secondary N) is 1. The van der Waals surface area contributed by atoms with Crippen molar-refractivity contribution in [2.24, 2.45) is 23.7 Å². The summed E-state index contributed by atoms with van der Waals surface area (Å²) in [5.74, 6) is -4.89. The Balaban J connectivity index is 1.14. The van der Waals surface area contributed by atoms with Crippen LogP contribution < -0.4 is 10.1 Å². The van der Waals surface area contributed by atoms with Gasteiger partial charge in [-0.2, -0.15) is 13.2 Å². The van der Waals surface area contributed by atoms with Crippen molar-refractivity contribution < 1.29 is 46.1 Å². The third kappa shape index (κ3) is 6.22. The number of halogens is 5. The fraction of sp³-hybridized carbons (Fsp3) is 0.632. The lowest BCUT2D eigenvalue weighted by Crippen LogP contribution is -2.70. The Morgan fingerprint density at radius 3 is 2.17 bits per heavy atom. The first kappa shape index (κ1) is 35.2. The number of benzene rings is 1. The molecule has 52 heavy (non-hydrogen) atoms. The minimum Gasteiger partial charge on any atom is -0.490 e. The van der Waals surface area contributed by atoms with Crippen molar-refractivity contribution in [3.8, 4) is 17.1 Å². The van der Waals surface area contributed by atoms with E-state index in [0.717, 1.165) is 38.3 Å². The zero-order valence-electron chi connectivity index (χ0n) is 28.9. The summed E-state index contributed by atoms with van der Waals surface area (Å²) in [4.78, 5) is 34.8. The monoisotopic (exact) mass is 730 g/mol. The SMILES string of the molecule is COC1CCC(Oc2ccc3c(-c4ncc(C(=O)NC5(C(=O)O)C6CC7CC(C6)CC5C7)c(C(F)(F)F)n4)cn(C4CCC(F)(F)CC4)c3c2)CC1. The molecule has 6 aliphatic rings. The second kappa shape index (κ2) is 12.9. The van der Waals surface area contributed by atoms with Crippen molar-refractivity contribution in [3.05, 3.63) is 41.9 Å². The zero-order valence-corrected chi connectivity index (χ0v) is 28.9. The lowest BCUT2D eigenvalue weighted by atomic mass is 9.48. The van der Waals surface area contributed by atoms with Crippen LogP contribution >= 0.6 is 0 Å². The molecule has 0 spiro atoms. The third-order valence-electron chi connectivity index (χ3n) is 12.8. The molecule has 0 unspecified atom stereocenters. The molecule has 0 aliphatic heterocycles. The quantitative estimate of drug-likeness (QED) is 0.225. The number of amides is 1. The number of fused-ring (bicyclic) bond motifs is 1. The number of carboxylic acids is 1. The van der Waals surface area contributed by atoms with Gasteiger partial charge < -0.3 is 24.5 Å². The van der Waals surface area contributed by atoms with Crippen molar-refractivity contribution in [1.82, 2.24) is 19.9 Å². The van der Waals surface area contributed by atoms with Gasteiger partial charge in [0.2, 0.25) is 5.92 Å². The highest BCUT2D eigenvalue weighted by Gasteiger charge is 2.62. The lowest BCUT2D eigenvalue weighted by Gasteiger charge is -2.59. The first-order valence-electron chi connectivity index (χ1n) is 18.5. The van der Waals surface area contributed by atoms with Crippen LogP contribution in [0.5, 0.6) is 5.75 Å². The summed E-state index contributed by atoms with van der Waals surface area (Å²) in [5, 5.41) is 13.6. The molecule has 4 bridgehead atoms. The van der Waals surface area contributed by atoms with E-state index in [2.05, 4.69) is 15.3 Å². The number of hydrogen-bond acceptors (Lipinski definition) is 6. The van der Waals surface area contributed by atoms with E-state index in [4.69, 9.17) is 9.47 Å². The highest BCUT2D eigenvalue weighted by atomic mass is 19.4. The standard InChI is InChI=1S/C38H43F5N4O5/c1-51-25-2-4-26(5-3-25)52-27-6-7-28-30(19-47(31(28)17-27)24-8-10-36(39,40)11-9-24)33-44-18-29(32(45-33)38(41,42)43)34(48)46-37(35(49)50)22-13-20-12-21(15-22)16-23(37)14-20/h6-7,17-26H,2-5,8-16H2,1H3,(H,46,48)(H,49,50). The average molecular weight is 731 g/mol. The smallest absolute Gasteiger partial charge is 0.434 e.